The number of nitrogens with one attached hydrogen (secondary N) is 2. The lowest BCUT2D eigenvalue weighted by atomic mass is 9.94. The van der Waals surface area contributed by atoms with Crippen LogP contribution in [0.25, 0.3) is 0 Å². The third kappa shape index (κ3) is 6.98. The number of hydrogen-bond donors (Lipinski definition) is 3. The summed E-state index contributed by atoms with van der Waals surface area (Å²) in [5, 5.41) is 5.79. The number of benzene rings is 2. The molecular formula is C22H30ClN3O2. The molecule has 2 aromatic carbocycles. The van der Waals surface area contributed by atoms with Gasteiger partial charge in [-0.2, -0.15) is 0 Å². The zero-order valence-electron chi connectivity index (χ0n) is 16.5. The smallest absolute Gasteiger partial charge is 0.251 e. The van der Waals surface area contributed by atoms with E-state index in [4.69, 9.17) is 5.73 Å². The molecule has 0 radical (unpaired) electrons. The Kier molecular flexibility index (Phi) is 9.69. The summed E-state index contributed by atoms with van der Waals surface area (Å²) in [6.45, 7) is 4.40. The topological polar surface area (TPSA) is 84.2 Å². The van der Waals surface area contributed by atoms with Crippen molar-refractivity contribution in [2.75, 3.05) is 6.54 Å². The summed E-state index contributed by atoms with van der Waals surface area (Å²) in [6.07, 6.45) is 1.95. The Morgan fingerprint density at radius 3 is 2.04 bits per heavy atom. The predicted octanol–water partition coefficient (Wildman–Crippen LogP) is 3.08. The van der Waals surface area contributed by atoms with Gasteiger partial charge in [-0.1, -0.05) is 62.4 Å². The molecule has 0 aliphatic heterocycles. The number of carbonyl (C=O) groups excluding carboxylic acids is 2. The maximum atomic E-state index is 12.8. The molecule has 1 unspecified atom stereocenters. The molecule has 5 nitrogen and oxygen atoms in total. The zero-order valence-corrected chi connectivity index (χ0v) is 17.3. The van der Waals surface area contributed by atoms with E-state index in [-0.39, 0.29) is 24.2 Å². The number of halogens is 1. The first-order chi connectivity index (χ1) is 13.0. The van der Waals surface area contributed by atoms with Gasteiger partial charge < -0.3 is 16.4 Å². The van der Waals surface area contributed by atoms with Crippen LogP contribution in [0.2, 0.25) is 0 Å². The maximum Gasteiger partial charge on any atom is 0.251 e. The predicted molar refractivity (Wildman–Crippen MR) is 116 cm³/mol. The van der Waals surface area contributed by atoms with Crippen molar-refractivity contribution in [2.45, 2.75) is 44.7 Å². The number of hydrogen-bond acceptors (Lipinski definition) is 3. The van der Waals surface area contributed by atoms with Crippen molar-refractivity contribution in [2.24, 2.45) is 5.73 Å². The molecule has 6 heteroatoms. The first-order valence-electron chi connectivity index (χ1n) is 9.44. The largest absolute Gasteiger partial charge is 0.352 e. The molecule has 0 heterocycles. The zero-order chi connectivity index (χ0) is 19.7. The molecule has 0 fully saturated rings. The molecule has 28 heavy (non-hydrogen) atoms. The van der Waals surface area contributed by atoms with Crippen molar-refractivity contribution >= 4 is 24.2 Å². The Balaban J connectivity index is 0.00000392. The summed E-state index contributed by atoms with van der Waals surface area (Å²) in [6, 6.07) is 17.9. The summed E-state index contributed by atoms with van der Waals surface area (Å²) in [4.78, 5) is 25.4. The summed E-state index contributed by atoms with van der Waals surface area (Å²) < 4.78 is 0. The average molecular weight is 404 g/mol. The van der Waals surface area contributed by atoms with Crippen LogP contribution in [0.4, 0.5) is 0 Å². The van der Waals surface area contributed by atoms with Gasteiger partial charge in [0.1, 0.15) is 6.04 Å². The van der Waals surface area contributed by atoms with Gasteiger partial charge in [0.15, 0.2) is 0 Å². The second-order valence-electron chi connectivity index (χ2n) is 6.87. The highest BCUT2D eigenvalue weighted by Gasteiger charge is 2.26. The fraction of sp³-hybridized carbons (Fsp3) is 0.364. The quantitative estimate of drug-likeness (QED) is 0.601. The Morgan fingerprint density at radius 1 is 0.964 bits per heavy atom. The summed E-state index contributed by atoms with van der Waals surface area (Å²) >= 11 is 0. The second-order valence-corrected chi connectivity index (χ2v) is 6.87. The molecule has 0 aliphatic rings. The lowest BCUT2D eigenvalue weighted by Crippen LogP contribution is -2.54. The molecule has 2 amide bonds. The van der Waals surface area contributed by atoms with Crippen molar-refractivity contribution in [1.29, 1.82) is 0 Å². The average Bonchev–Trinajstić information content (AvgIpc) is 2.72. The number of rotatable bonds is 9. The van der Waals surface area contributed by atoms with Crippen molar-refractivity contribution in [1.82, 2.24) is 10.6 Å². The molecule has 0 bridgehead atoms. The van der Waals surface area contributed by atoms with E-state index in [0.29, 0.717) is 18.5 Å². The van der Waals surface area contributed by atoms with Crippen LogP contribution in [0.5, 0.6) is 0 Å². The van der Waals surface area contributed by atoms with Gasteiger partial charge in [0.2, 0.25) is 5.91 Å². The van der Waals surface area contributed by atoms with Crippen molar-refractivity contribution < 1.29 is 9.59 Å². The van der Waals surface area contributed by atoms with Crippen molar-refractivity contribution in [3.8, 4) is 0 Å². The lowest BCUT2D eigenvalue weighted by molar-refractivity contribution is -0.123. The van der Waals surface area contributed by atoms with E-state index in [1.165, 1.54) is 0 Å². The first kappa shape index (κ1) is 23.7. The molecule has 2 rings (SSSR count). The molecule has 152 valence electrons. The van der Waals surface area contributed by atoms with Crippen LogP contribution in [-0.4, -0.2) is 29.9 Å². The fourth-order valence-corrected chi connectivity index (χ4v) is 2.78. The summed E-state index contributed by atoms with van der Waals surface area (Å²) in [5.41, 5.74) is 7.36. The van der Waals surface area contributed by atoms with E-state index in [0.717, 1.165) is 18.4 Å². The second kappa shape index (κ2) is 11.5. The monoisotopic (exact) mass is 403 g/mol. The van der Waals surface area contributed by atoms with Crippen LogP contribution in [0.15, 0.2) is 60.7 Å². The summed E-state index contributed by atoms with van der Waals surface area (Å²) in [7, 11) is 0. The van der Waals surface area contributed by atoms with Gasteiger partial charge >= 0.3 is 0 Å². The van der Waals surface area contributed by atoms with Gasteiger partial charge in [-0.15, -0.1) is 12.4 Å². The van der Waals surface area contributed by atoms with Gasteiger partial charge in [0.05, 0.1) is 0 Å². The number of amides is 2. The van der Waals surface area contributed by atoms with Gasteiger partial charge in [-0.3, -0.25) is 9.59 Å². The van der Waals surface area contributed by atoms with E-state index in [2.05, 4.69) is 10.6 Å². The van der Waals surface area contributed by atoms with Gasteiger partial charge in [0, 0.05) is 24.1 Å². The molecule has 1 atom stereocenters. The lowest BCUT2D eigenvalue weighted by Gasteiger charge is -2.28. The minimum atomic E-state index is -0.668. The van der Waals surface area contributed by atoms with Crippen LogP contribution < -0.4 is 16.4 Å². The van der Waals surface area contributed by atoms with Gasteiger partial charge in [-0.25, -0.2) is 0 Å². The van der Waals surface area contributed by atoms with Gasteiger partial charge in [0.25, 0.3) is 5.91 Å². The molecular weight excluding hydrogens is 374 g/mol. The number of nitrogens with two attached hydrogens (primary N) is 1. The SMILES string of the molecule is CCC(N)(CC)CNC(=O)C(Cc1ccccc1)NC(=O)c1ccccc1.Cl. The molecule has 0 spiro atoms. The highest BCUT2D eigenvalue weighted by molar-refractivity contribution is 5.97. The standard InChI is InChI=1S/C22H29N3O2.ClH/c1-3-22(23,4-2)16-24-21(27)19(15-17-11-7-5-8-12-17)25-20(26)18-13-9-6-10-14-18;/h5-14,19H,3-4,15-16,23H2,1-2H3,(H,24,27)(H,25,26);1H. The van der Waals surface area contributed by atoms with Crippen LogP contribution >= 0.6 is 12.4 Å². The first-order valence-corrected chi connectivity index (χ1v) is 9.44. The van der Waals surface area contributed by atoms with Crippen LogP contribution in [0.3, 0.4) is 0 Å². The highest BCUT2D eigenvalue weighted by Crippen LogP contribution is 2.10. The maximum absolute atomic E-state index is 12.8. The molecule has 4 N–H and O–H groups in total. The number of carbonyl (C=O) groups is 2. The van der Waals surface area contributed by atoms with Crippen LogP contribution in [0.1, 0.15) is 42.6 Å². The molecule has 0 saturated heterocycles. The van der Waals surface area contributed by atoms with Crippen molar-refractivity contribution in [3.63, 3.8) is 0 Å². The molecule has 0 aromatic heterocycles. The molecule has 0 aliphatic carbocycles. The van der Waals surface area contributed by atoms with E-state index in [1.807, 2.05) is 50.2 Å². The molecule has 0 saturated carbocycles. The van der Waals surface area contributed by atoms with Gasteiger partial charge in [-0.05, 0) is 30.5 Å². The summed E-state index contributed by atoms with van der Waals surface area (Å²) in [5.74, 6) is -0.489. The van der Waals surface area contributed by atoms with Crippen molar-refractivity contribution in [3.05, 3.63) is 71.8 Å². The Bertz CT molecular complexity index is 734. The minimum Gasteiger partial charge on any atom is -0.352 e. The van der Waals surface area contributed by atoms with E-state index in [1.54, 1.807) is 24.3 Å². The molecule has 2 aromatic rings. The Morgan fingerprint density at radius 2 is 1.50 bits per heavy atom. The van der Waals surface area contributed by atoms with E-state index in [9.17, 15) is 9.59 Å². The normalized spacial score (nSPS) is 11.8. The highest BCUT2D eigenvalue weighted by atomic mass is 35.5. The van der Waals surface area contributed by atoms with E-state index >= 15 is 0 Å². The van der Waals surface area contributed by atoms with Crippen LogP contribution in [0, 0.1) is 0 Å². The fourth-order valence-electron chi connectivity index (χ4n) is 2.78. The van der Waals surface area contributed by atoms with Crippen LogP contribution in [-0.2, 0) is 11.2 Å². The Labute approximate surface area is 173 Å². The minimum absolute atomic E-state index is 0. The third-order valence-electron chi connectivity index (χ3n) is 4.96. The Hall–Kier alpha value is -2.37. The third-order valence-corrected chi connectivity index (χ3v) is 4.96. The van der Waals surface area contributed by atoms with E-state index < -0.39 is 11.6 Å².